The largest absolute Gasteiger partial charge is 0.457 e. The monoisotopic (exact) mass is 564 g/mol. The van der Waals surface area contributed by atoms with Crippen molar-refractivity contribution in [1.82, 2.24) is 0 Å². The third-order valence-corrected chi connectivity index (χ3v) is 8.50. The highest BCUT2D eigenvalue weighted by atomic mass is 79.9. The van der Waals surface area contributed by atoms with Crippen LogP contribution in [0.1, 0.15) is 28.8 Å². The standard InChI is InChI=1S/C22H18Br2N2O6/c23-18-9-16-17(10-19(18)24)21(28)25(20(16)27)14-6-4-13(5-7-14)22(29)32-11-12-2-1-3-15(8-12)26(30)31/h1-8,16-19H,9-11H2/t16-,17-,18-,19+/m1/s1. The van der Waals surface area contributed by atoms with E-state index in [9.17, 15) is 24.5 Å². The molecule has 1 heterocycles. The maximum atomic E-state index is 12.9. The van der Waals surface area contributed by atoms with E-state index in [1.807, 2.05) is 0 Å². The second-order valence-electron chi connectivity index (χ2n) is 7.78. The van der Waals surface area contributed by atoms with Crippen molar-refractivity contribution in [2.75, 3.05) is 4.90 Å². The lowest BCUT2D eigenvalue weighted by Crippen LogP contribution is -2.34. The molecule has 1 aliphatic carbocycles. The Morgan fingerprint density at radius 2 is 1.62 bits per heavy atom. The van der Waals surface area contributed by atoms with Crippen LogP contribution < -0.4 is 4.90 Å². The van der Waals surface area contributed by atoms with Gasteiger partial charge in [0.1, 0.15) is 6.61 Å². The topological polar surface area (TPSA) is 107 Å². The summed E-state index contributed by atoms with van der Waals surface area (Å²) in [6, 6.07) is 11.9. The van der Waals surface area contributed by atoms with E-state index < -0.39 is 10.9 Å². The minimum absolute atomic E-state index is 0.0825. The first-order chi connectivity index (χ1) is 15.3. The normalized spacial score (nSPS) is 24.9. The molecular formula is C22H18Br2N2O6. The molecule has 8 nitrogen and oxygen atoms in total. The van der Waals surface area contributed by atoms with Gasteiger partial charge in [0.25, 0.3) is 5.69 Å². The first kappa shape index (κ1) is 22.6. The van der Waals surface area contributed by atoms with E-state index in [1.165, 1.54) is 35.2 Å². The van der Waals surface area contributed by atoms with Crippen molar-refractivity contribution < 1.29 is 24.0 Å². The number of ether oxygens (including phenoxy) is 1. The molecule has 1 saturated heterocycles. The van der Waals surface area contributed by atoms with Crippen molar-refractivity contribution in [3.8, 4) is 0 Å². The van der Waals surface area contributed by atoms with Crippen molar-refractivity contribution in [3.05, 3.63) is 69.8 Å². The van der Waals surface area contributed by atoms with Crippen LogP contribution >= 0.6 is 31.9 Å². The number of amides is 2. The Labute approximate surface area is 200 Å². The summed E-state index contributed by atoms with van der Waals surface area (Å²) in [5, 5.41) is 10.9. The van der Waals surface area contributed by atoms with E-state index >= 15 is 0 Å². The molecule has 0 aromatic heterocycles. The lowest BCUT2D eigenvalue weighted by atomic mass is 9.81. The molecule has 32 heavy (non-hydrogen) atoms. The molecular weight excluding hydrogens is 548 g/mol. The first-order valence-electron chi connectivity index (χ1n) is 9.92. The van der Waals surface area contributed by atoms with E-state index in [4.69, 9.17) is 4.74 Å². The van der Waals surface area contributed by atoms with Crippen molar-refractivity contribution in [2.24, 2.45) is 11.8 Å². The Kier molecular flexibility index (Phi) is 6.43. The number of imide groups is 1. The minimum Gasteiger partial charge on any atom is -0.457 e. The van der Waals surface area contributed by atoms with Crippen molar-refractivity contribution >= 4 is 61.0 Å². The molecule has 10 heteroatoms. The quantitative estimate of drug-likeness (QED) is 0.175. The summed E-state index contributed by atoms with van der Waals surface area (Å²) >= 11 is 7.14. The molecule has 4 rings (SSSR count). The van der Waals surface area contributed by atoms with Crippen LogP contribution in [-0.4, -0.2) is 32.4 Å². The molecule has 2 aromatic carbocycles. The molecule has 1 saturated carbocycles. The van der Waals surface area contributed by atoms with Gasteiger partial charge in [0.2, 0.25) is 11.8 Å². The Morgan fingerprint density at radius 3 is 2.19 bits per heavy atom. The molecule has 2 aromatic rings. The van der Waals surface area contributed by atoms with Gasteiger partial charge < -0.3 is 4.74 Å². The highest BCUT2D eigenvalue weighted by Crippen LogP contribution is 2.44. The van der Waals surface area contributed by atoms with Gasteiger partial charge in [-0.2, -0.15) is 0 Å². The Balaban J connectivity index is 1.43. The number of non-ortho nitro benzene ring substituents is 1. The zero-order valence-electron chi connectivity index (χ0n) is 16.6. The van der Waals surface area contributed by atoms with Gasteiger partial charge in [-0.1, -0.05) is 44.0 Å². The number of benzene rings is 2. The van der Waals surface area contributed by atoms with Gasteiger partial charge in [-0.3, -0.25) is 24.6 Å². The average Bonchev–Trinajstić information content (AvgIpc) is 3.02. The molecule has 4 atom stereocenters. The minimum atomic E-state index is -0.611. The summed E-state index contributed by atoms with van der Waals surface area (Å²) in [5.74, 6) is -1.74. The summed E-state index contributed by atoms with van der Waals surface area (Å²) < 4.78 is 5.24. The molecule has 2 aliphatic rings. The number of hydrogen-bond acceptors (Lipinski definition) is 6. The van der Waals surface area contributed by atoms with E-state index in [-0.39, 0.29) is 51.2 Å². The summed E-state index contributed by atoms with van der Waals surface area (Å²) in [7, 11) is 0. The third-order valence-electron chi connectivity index (χ3n) is 5.76. The average molecular weight is 566 g/mol. The number of carbonyl (C=O) groups is 3. The van der Waals surface area contributed by atoms with Crippen LogP contribution in [0.25, 0.3) is 0 Å². The smallest absolute Gasteiger partial charge is 0.338 e. The predicted octanol–water partition coefficient (Wildman–Crippen LogP) is 4.38. The second kappa shape index (κ2) is 9.11. The van der Waals surface area contributed by atoms with E-state index in [0.717, 1.165) is 0 Å². The highest BCUT2D eigenvalue weighted by molar-refractivity contribution is 9.12. The van der Waals surface area contributed by atoms with Crippen LogP contribution in [0.4, 0.5) is 11.4 Å². The Morgan fingerprint density at radius 1 is 1.03 bits per heavy atom. The second-order valence-corrected chi connectivity index (χ2v) is 10.1. The van der Waals surface area contributed by atoms with Crippen LogP contribution in [0, 0.1) is 22.0 Å². The van der Waals surface area contributed by atoms with Gasteiger partial charge in [-0.05, 0) is 42.7 Å². The van der Waals surface area contributed by atoms with E-state index in [1.54, 1.807) is 18.2 Å². The molecule has 0 bridgehead atoms. The number of nitrogens with zero attached hydrogens (tertiary/aromatic N) is 2. The van der Waals surface area contributed by atoms with Gasteiger partial charge in [0.05, 0.1) is 28.0 Å². The Bertz CT molecular complexity index is 1060. The number of nitro groups is 1. The van der Waals surface area contributed by atoms with Gasteiger partial charge in [0.15, 0.2) is 0 Å². The zero-order chi connectivity index (χ0) is 23.0. The molecule has 0 unspecified atom stereocenters. The molecule has 166 valence electrons. The number of halogens is 2. The number of alkyl halides is 2. The van der Waals surface area contributed by atoms with Crippen LogP contribution in [0.2, 0.25) is 0 Å². The lowest BCUT2D eigenvalue weighted by Gasteiger charge is -2.29. The summed E-state index contributed by atoms with van der Waals surface area (Å²) in [6.45, 7) is -0.115. The summed E-state index contributed by atoms with van der Waals surface area (Å²) in [6.07, 6.45) is 1.17. The number of hydrogen-bond donors (Lipinski definition) is 0. The van der Waals surface area contributed by atoms with Gasteiger partial charge >= 0.3 is 5.97 Å². The zero-order valence-corrected chi connectivity index (χ0v) is 19.8. The molecule has 2 amide bonds. The number of anilines is 1. The fourth-order valence-electron chi connectivity index (χ4n) is 4.09. The maximum absolute atomic E-state index is 12.9. The molecule has 2 fully saturated rings. The fraction of sp³-hybridized carbons (Fsp3) is 0.318. The predicted molar refractivity (Wildman–Crippen MR) is 123 cm³/mol. The molecule has 0 radical (unpaired) electrons. The summed E-state index contributed by atoms with van der Waals surface area (Å²) in [5.41, 5.74) is 1.08. The molecule has 1 aliphatic heterocycles. The van der Waals surface area contributed by atoms with E-state index in [2.05, 4.69) is 31.9 Å². The third kappa shape index (κ3) is 4.33. The molecule has 0 N–H and O–H groups in total. The van der Waals surface area contributed by atoms with Crippen LogP contribution in [0.15, 0.2) is 48.5 Å². The lowest BCUT2D eigenvalue weighted by molar-refractivity contribution is -0.384. The van der Waals surface area contributed by atoms with Crippen LogP contribution in [0.5, 0.6) is 0 Å². The van der Waals surface area contributed by atoms with Crippen LogP contribution in [-0.2, 0) is 20.9 Å². The van der Waals surface area contributed by atoms with Crippen molar-refractivity contribution in [3.63, 3.8) is 0 Å². The van der Waals surface area contributed by atoms with E-state index in [0.29, 0.717) is 24.1 Å². The number of rotatable bonds is 5. The highest BCUT2D eigenvalue weighted by Gasteiger charge is 2.52. The number of fused-ring (bicyclic) bond motifs is 1. The SMILES string of the molecule is O=C(OCc1cccc([N+](=O)[O-])c1)c1ccc(N2C(=O)[C@@H]3C[C@@H](Br)[C@@H](Br)C[C@H]3C2=O)cc1. The van der Waals surface area contributed by atoms with Gasteiger partial charge in [-0.25, -0.2) is 4.79 Å². The van der Waals surface area contributed by atoms with Gasteiger partial charge in [-0.15, -0.1) is 0 Å². The molecule has 0 spiro atoms. The maximum Gasteiger partial charge on any atom is 0.338 e. The summed E-state index contributed by atoms with van der Waals surface area (Å²) in [4.78, 5) is 49.9. The number of carbonyl (C=O) groups excluding carboxylic acids is 3. The first-order valence-corrected chi connectivity index (χ1v) is 11.8. The number of nitro benzene ring substituents is 1. The van der Waals surface area contributed by atoms with Crippen molar-refractivity contribution in [2.45, 2.75) is 29.1 Å². The van der Waals surface area contributed by atoms with Gasteiger partial charge in [0, 0.05) is 21.8 Å². The van der Waals surface area contributed by atoms with Crippen molar-refractivity contribution in [1.29, 1.82) is 0 Å². The number of esters is 1. The van der Waals surface area contributed by atoms with Crippen LogP contribution in [0.3, 0.4) is 0 Å². The Hall–Kier alpha value is -2.59. The fourth-order valence-corrected chi connectivity index (χ4v) is 5.33.